The van der Waals surface area contributed by atoms with E-state index in [1.54, 1.807) is 24.3 Å². The second-order valence-electron chi connectivity index (χ2n) is 6.66. The number of ether oxygens (including phenoxy) is 1. The Morgan fingerprint density at radius 3 is 2.50 bits per heavy atom. The number of alkyl carbamates (subject to hydrolysis) is 1. The molecule has 4 N–H and O–H groups in total. The lowest BCUT2D eigenvalue weighted by Gasteiger charge is -2.28. The van der Waals surface area contributed by atoms with Crippen molar-refractivity contribution in [3.63, 3.8) is 0 Å². The minimum Gasteiger partial charge on any atom is -0.480 e. The summed E-state index contributed by atoms with van der Waals surface area (Å²) in [7, 11) is 0. The smallest absolute Gasteiger partial charge is 0.408 e. The number of aliphatic hydroxyl groups excluding tert-OH is 1. The van der Waals surface area contributed by atoms with Crippen LogP contribution in [-0.4, -0.2) is 52.7 Å². The Kier molecular flexibility index (Phi) is 7.94. The molecule has 0 saturated heterocycles. The molecule has 0 heterocycles. The Balaban J connectivity index is 1.90. The average Bonchev–Trinajstić information content (AvgIpc) is 2.69. The summed E-state index contributed by atoms with van der Waals surface area (Å²) in [4.78, 5) is 47.3. The lowest BCUT2D eigenvalue weighted by Crippen LogP contribution is -2.55. The van der Waals surface area contributed by atoms with Gasteiger partial charge in [0, 0.05) is 12.8 Å². The molecule has 1 fully saturated rings. The summed E-state index contributed by atoms with van der Waals surface area (Å²) in [6.07, 6.45) is 0.631. The summed E-state index contributed by atoms with van der Waals surface area (Å²) >= 11 is 0. The third kappa shape index (κ3) is 6.34. The standard InChI is InChI=1S/C19H24N2O7/c22-10-15(20-19(27)28-11-12-5-2-1-3-6-12)17(24)21-16(18(25)26)13-7-4-8-14(23)9-13/h1-3,5-6,13,15-16,22H,4,7-11H2,(H,20,27)(H,21,24)(H,25,26)/t13-,15-,16+/m0/s1. The number of hydrogen-bond acceptors (Lipinski definition) is 6. The molecule has 0 unspecified atom stereocenters. The molecule has 0 radical (unpaired) electrons. The average molecular weight is 392 g/mol. The maximum Gasteiger partial charge on any atom is 0.408 e. The fourth-order valence-electron chi connectivity index (χ4n) is 3.08. The number of carboxylic acids is 1. The molecule has 28 heavy (non-hydrogen) atoms. The molecular weight excluding hydrogens is 368 g/mol. The highest BCUT2D eigenvalue weighted by atomic mass is 16.5. The Hall–Kier alpha value is -2.94. The van der Waals surface area contributed by atoms with Crippen LogP contribution in [0.2, 0.25) is 0 Å². The quantitative estimate of drug-likeness (QED) is 0.507. The number of hydrogen-bond donors (Lipinski definition) is 4. The zero-order valence-corrected chi connectivity index (χ0v) is 15.3. The van der Waals surface area contributed by atoms with Crippen molar-refractivity contribution in [1.82, 2.24) is 10.6 Å². The van der Waals surface area contributed by atoms with E-state index in [1.165, 1.54) is 0 Å². The number of carboxylic acid groups (broad SMARTS) is 1. The van der Waals surface area contributed by atoms with Crippen molar-refractivity contribution in [2.24, 2.45) is 5.92 Å². The highest BCUT2D eigenvalue weighted by molar-refractivity contribution is 5.90. The van der Waals surface area contributed by atoms with Gasteiger partial charge in [-0.25, -0.2) is 9.59 Å². The van der Waals surface area contributed by atoms with E-state index in [2.05, 4.69) is 10.6 Å². The van der Waals surface area contributed by atoms with Crippen molar-refractivity contribution >= 4 is 23.8 Å². The first kappa shape index (κ1) is 21.4. The summed E-state index contributed by atoms with van der Waals surface area (Å²) in [5, 5.41) is 23.3. The Morgan fingerprint density at radius 2 is 1.89 bits per heavy atom. The number of aliphatic hydroxyl groups is 1. The fraction of sp³-hybridized carbons (Fsp3) is 0.474. The molecule has 1 aliphatic carbocycles. The van der Waals surface area contributed by atoms with E-state index in [0.29, 0.717) is 19.3 Å². The van der Waals surface area contributed by atoms with Crippen molar-refractivity contribution in [2.45, 2.75) is 44.4 Å². The summed E-state index contributed by atoms with van der Waals surface area (Å²) < 4.78 is 4.99. The van der Waals surface area contributed by atoms with Crippen LogP contribution in [-0.2, 0) is 25.7 Å². The molecule has 1 aliphatic rings. The van der Waals surface area contributed by atoms with E-state index >= 15 is 0 Å². The molecule has 152 valence electrons. The van der Waals surface area contributed by atoms with Crippen molar-refractivity contribution < 1.29 is 34.1 Å². The largest absolute Gasteiger partial charge is 0.480 e. The minimum absolute atomic E-state index is 0.0195. The molecule has 9 nitrogen and oxygen atoms in total. The van der Waals surface area contributed by atoms with Crippen LogP contribution in [0.1, 0.15) is 31.2 Å². The topological polar surface area (TPSA) is 142 Å². The second-order valence-corrected chi connectivity index (χ2v) is 6.66. The molecule has 9 heteroatoms. The van der Waals surface area contributed by atoms with Crippen LogP contribution in [0, 0.1) is 5.92 Å². The van der Waals surface area contributed by atoms with Gasteiger partial charge in [-0.2, -0.15) is 0 Å². The molecule has 3 atom stereocenters. The molecule has 0 spiro atoms. The number of ketones is 1. The normalized spacial score (nSPS) is 18.6. The molecule has 1 aromatic carbocycles. The number of benzene rings is 1. The maximum atomic E-state index is 12.3. The van der Waals surface area contributed by atoms with E-state index < -0.39 is 42.6 Å². The number of amides is 2. The van der Waals surface area contributed by atoms with Gasteiger partial charge in [-0.05, 0) is 24.3 Å². The lowest BCUT2D eigenvalue weighted by atomic mass is 9.83. The van der Waals surface area contributed by atoms with Crippen molar-refractivity contribution in [3.05, 3.63) is 35.9 Å². The number of aliphatic carboxylic acids is 1. The number of carbonyl (C=O) groups is 4. The van der Waals surface area contributed by atoms with Crippen LogP contribution in [0.3, 0.4) is 0 Å². The molecule has 2 rings (SSSR count). The van der Waals surface area contributed by atoms with Crippen LogP contribution in [0.4, 0.5) is 4.79 Å². The van der Waals surface area contributed by atoms with Gasteiger partial charge in [0.25, 0.3) is 0 Å². The fourth-order valence-corrected chi connectivity index (χ4v) is 3.08. The van der Waals surface area contributed by atoms with Gasteiger partial charge in [-0.15, -0.1) is 0 Å². The molecular formula is C19H24N2O7. The summed E-state index contributed by atoms with van der Waals surface area (Å²) in [5.74, 6) is -2.69. The Labute approximate surface area is 162 Å². The molecule has 1 saturated carbocycles. The van der Waals surface area contributed by atoms with Crippen LogP contribution >= 0.6 is 0 Å². The number of rotatable bonds is 8. The van der Waals surface area contributed by atoms with E-state index in [4.69, 9.17) is 4.74 Å². The van der Waals surface area contributed by atoms with Crippen molar-refractivity contribution in [2.75, 3.05) is 6.61 Å². The van der Waals surface area contributed by atoms with E-state index in [0.717, 1.165) is 5.56 Å². The summed E-state index contributed by atoms with van der Waals surface area (Å²) in [6, 6.07) is 6.25. The van der Waals surface area contributed by atoms with Crippen molar-refractivity contribution in [3.8, 4) is 0 Å². The third-order valence-corrected chi connectivity index (χ3v) is 4.56. The van der Waals surface area contributed by atoms with Gasteiger partial charge in [0.1, 0.15) is 24.5 Å². The van der Waals surface area contributed by atoms with Crippen LogP contribution in [0.5, 0.6) is 0 Å². The maximum absolute atomic E-state index is 12.3. The summed E-state index contributed by atoms with van der Waals surface area (Å²) in [6.45, 7) is -0.753. The monoisotopic (exact) mass is 392 g/mol. The second kappa shape index (κ2) is 10.4. The van der Waals surface area contributed by atoms with E-state index in [9.17, 15) is 29.4 Å². The van der Waals surface area contributed by atoms with Gasteiger partial charge in [0.05, 0.1) is 6.61 Å². The molecule has 1 aromatic rings. The Morgan fingerprint density at radius 1 is 1.18 bits per heavy atom. The van der Waals surface area contributed by atoms with Crippen LogP contribution < -0.4 is 10.6 Å². The van der Waals surface area contributed by atoms with Crippen LogP contribution in [0.25, 0.3) is 0 Å². The molecule has 0 aromatic heterocycles. The molecule has 0 bridgehead atoms. The van der Waals surface area contributed by atoms with Gasteiger partial charge < -0.3 is 25.6 Å². The van der Waals surface area contributed by atoms with Crippen molar-refractivity contribution in [1.29, 1.82) is 0 Å². The SMILES string of the molecule is O=C1CCC[C@H]([C@@H](NC(=O)[C@H](CO)NC(=O)OCc2ccccc2)C(=O)O)C1. The van der Waals surface area contributed by atoms with Gasteiger partial charge in [-0.1, -0.05) is 30.3 Å². The predicted molar refractivity (Wildman–Crippen MR) is 97.2 cm³/mol. The Bertz CT molecular complexity index is 707. The number of carbonyl (C=O) groups excluding carboxylic acids is 3. The van der Waals surface area contributed by atoms with Gasteiger partial charge in [-0.3, -0.25) is 9.59 Å². The first-order valence-electron chi connectivity index (χ1n) is 9.03. The predicted octanol–water partition coefficient (Wildman–Crippen LogP) is 0.602. The van der Waals surface area contributed by atoms with Gasteiger partial charge in [0.15, 0.2) is 0 Å². The minimum atomic E-state index is -1.37. The number of Topliss-reactive ketones (excluding diaryl/α,β-unsaturated/α-hetero) is 1. The van der Waals surface area contributed by atoms with Gasteiger partial charge in [0.2, 0.25) is 5.91 Å². The first-order chi connectivity index (χ1) is 13.4. The van der Waals surface area contributed by atoms with E-state index in [-0.39, 0.29) is 18.8 Å². The molecule has 0 aliphatic heterocycles. The first-order valence-corrected chi connectivity index (χ1v) is 9.03. The van der Waals surface area contributed by atoms with Crippen LogP contribution in [0.15, 0.2) is 30.3 Å². The molecule has 2 amide bonds. The van der Waals surface area contributed by atoms with E-state index in [1.807, 2.05) is 6.07 Å². The number of nitrogens with one attached hydrogen (secondary N) is 2. The zero-order valence-electron chi connectivity index (χ0n) is 15.3. The highest BCUT2D eigenvalue weighted by Gasteiger charge is 2.35. The van der Waals surface area contributed by atoms with Gasteiger partial charge >= 0.3 is 12.1 Å². The lowest BCUT2D eigenvalue weighted by molar-refractivity contribution is -0.144. The third-order valence-electron chi connectivity index (χ3n) is 4.56. The summed E-state index contributed by atoms with van der Waals surface area (Å²) in [5.41, 5.74) is 0.746. The highest BCUT2D eigenvalue weighted by Crippen LogP contribution is 2.24. The zero-order chi connectivity index (χ0) is 20.5.